The molecule has 8 nitrogen and oxygen atoms in total. The molecule has 0 aliphatic rings. The molecule has 0 saturated heterocycles. The second-order valence-corrected chi connectivity index (χ2v) is 6.74. The number of pyridine rings is 1. The highest BCUT2D eigenvalue weighted by molar-refractivity contribution is 6.31. The van der Waals surface area contributed by atoms with Crippen molar-refractivity contribution in [2.24, 2.45) is 0 Å². The van der Waals surface area contributed by atoms with Crippen molar-refractivity contribution in [2.45, 2.75) is 20.0 Å². The number of halogens is 1. The van der Waals surface area contributed by atoms with Crippen LogP contribution in [-0.2, 0) is 9.53 Å². The van der Waals surface area contributed by atoms with Crippen molar-refractivity contribution in [1.29, 1.82) is 0 Å². The molecule has 3 rings (SSSR count). The van der Waals surface area contributed by atoms with E-state index in [1.807, 2.05) is 0 Å². The van der Waals surface area contributed by atoms with Crippen LogP contribution in [0.25, 0.3) is 10.9 Å². The third-order valence-electron chi connectivity index (χ3n) is 4.19. The molecule has 0 fully saturated rings. The zero-order valence-corrected chi connectivity index (χ0v) is 16.3. The predicted octanol–water partition coefficient (Wildman–Crippen LogP) is 4.29. The van der Waals surface area contributed by atoms with E-state index in [4.69, 9.17) is 16.3 Å². The molecule has 0 spiro atoms. The van der Waals surface area contributed by atoms with Crippen LogP contribution in [0.4, 0.5) is 11.4 Å². The first-order valence-electron chi connectivity index (χ1n) is 8.58. The van der Waals surface area contributed by atoms with E-state index in [-0.39, 0.29) is 11.3 Å². The van der Waals surface area contributed by atoms with Gasteiger partial charge in [0.15, 0.2) is 6.10 Å². The number of anilines is 1. The molecule has 1 atom stereocenters. The molecule has 2 aromatic carbocycles. The lowest BCUT2D eigenvalue weighted by molar-refractivity contribution is -0.384. The molecule has 148 valence electrons. The minimum atomic E-state index is -1.09. The van der Waals surface area contributed by atoms with Crippen molar-refractivity contribution in [3.05, 3.63) is 74.9 Å². The summed E-state index contributed by atoms with van der Waals surface area (Å²) in [5.74, 6) is -1.26. The number of nitrogens with one attached hydrogen (secondary N) is 1. The number of carbonyl (C=O) groups excluding carboxylic acids is 2. The third kappa shape index (κ3) is 4.67. The van der Waals surface area contributed by atoms with Gasteiger partial charge in [-0.05, 0) is 50.2 Å². The Morgan fingerprint density at radius 1 is 1.17 bits per heavy atom. The van der Waals surface area contributed by atoms with E-state index >= 15 is 0 Å². The first-order valence-corrected chi connectivity index (χ1v) is 8.95. The first-order chi connectivity index (χ1) is 13.7. The van der Waals surface area contributed by atoms with Crippen molar-refractivity contribution in [3.8, 4) is 0 Å². The second kappa shape index (κ2) is 8.24. The van der Waals surface area contributed by atoms with Crippen molar-refractivity contribution < 1.29 is 19.2 Å². The molecule has 1 N–H and O–H groups in total. The molecule has 0 aliphatic heterocycles. The molecular formula is C20H16ClN3O5. The largest absolute Gasteiger partial charge is 0.449 e. The van der Waals surface area contributed by atoms with E-state index in [9.17, 15) is 19.7 Å². The summed E-state index contributed by atoms with van der Waals surface area (Å²) in [6.07, 6.45) is -1.09. The number of nitro groups is 1. The SMILES string of the molecule is Cc1nc2ccc(Cl)cc2cc1C(=O)OC(C)C(=O)Nc1ccc([N+](=O)[O-])cc1. The number of esters is 1. The predicted molar refractivity (Wildman–Crippen MR) is 108 cm³/mol. The highest BCUT2D eigenvalue weighted by Gasteiger charge is 2.21. The number of rotatable bonds is 5. The molecular weight excluding hydrogens is 398 g/mol. The maximum atomic E-state index is 12.5. The van der Waals surface area contributed by atoms with Crippen LogP contribution < -0.4 is 5.32 Å². The van der Waals surface area contributed by atoms with Gasteiger partial charge < -0.3 is 10.1 Å². The molecule has 1 heterocycles. The van der Waals surface area contributed by atoms with Crippen LogP contribution >= 0.6 is 11.6 Å². The fourth-order valence-corrected chi connectivity index (χ4v) is 2.82. The number of aryl methyl sites for hydroxylation is 1. The lowest BCUT2D eigenvalue weighted by Crippen LogP contribution is -2.30. The van der Waals surface area contributed by atoms with Gasteiger partial charge in [-0.25, -0.2) is 4.79 Å². The number of fused-ring (bicyclic) bond motifs is 1. The fourth-order valence-electron chi connectivity index (χ4n) is 2.64. The number of carbonyl (C=O) groups is 2. The number of hydrogen-bond donors (Lipinski definition) is 1. The fraction of sp³-hybridized carbons (Fsp3) is 0.150. The zero-order chi connectivity index (χ0) is 21.1. The van der Waals surface area contributed by atoms with Gasteiger partial charge in [0.1, 0.15) is 0 Å². The van der Waals surface area contributed by atoms with Crippen LogP contribution in [0.2, 0.25) is 5.02 Å². The normalized spacial score (nSPS) is 11.7. The molecule has 3 aromatic rings. The molecule has 29 heavy (non-hydrogen) atoms. The minimum absolute atomic E-state index is 0.0955. The van der Waals surface area contributed by atoms with Gasteiger partial charge in [0, 0.05) is 28.2 Å². The Kier molecular flexibility index (Phi) is 5.74. The molecule has 0 aliphatic carbocycles. The van der Waals surface area contributed by atoms with Crippen molar-refractivity contribution in [1.82, 2.24) is 4.98 Å². The highest BCUT2D eigenvalue weighted by atomic mass is 35.5. The molecule has 0 bridgehead atoms. The van der Waals surface area contributed by atoms with Crippen molar-refractivity contribution in [3.63, 3.8) is 0 Å². The molecule has 0 radical (unpaired) electrons. The van der Waals surface area contributed by atoms with Gasteiger partial charge in [-0.2, -0.15) is 0 Å². The van der Waals surface area contributed by atoms with Gasteiger partial charge in [-0.3, -0.25) is 19.9 Å². The van der Waals surface area contributed by atoms with Crippen molar-refractivity contribution in [2.75, 3.05) is 5.32 Å². The Labute approximate surface area is 170 Å². The summed E-state index contributed by atoms with van der Waals surface area (Å²) >= 11 is 5.99. The smallest absolute Gasteiger partial charge is 0.340 e. The average molecular weight is 414 g/mol. The average Bonchev–Trinajstić information content (AvgIpc) is 2.68. The first kappa shape index (κ1) is 20.2. The van der Waals surface area contributed by atoms with E-state index in [1.54, 1.807) is 31.2 Å². The van der Waals surface area contributed by atoms with E-state index in [0.29, 0.717) is 27.3 Å². The summed E-state index contributed by atoms with van der Waals surface area (Å²) in [4.78, 5) is 39.3. The van der Waals surface area contributed by atoms with Gasteiger partial charge in [0.2, 0.25) is 0 Å². The Morgan fingerprint density at radius 2 is 1.86 bits per heavy atom. The van der Waals surface area contributed by atoms with Crippen molar-refractivity contribution >= 4 is 45.8 Å². The van der Waals surface area contributed by atoms with Crippen LogP contribution in [-0.4, -0.2) is 27.9 Å². The zero-order valence-electron chi connectivity index (χ0n) is 15.5. The standard InChI is InChI=1S/C20H16ClN3O5/c1-11-17(10-13-9-14(21)3-8-18(13)22-11)20(26)29-12(2)19(25)23-15-4-6-16(7-5-15)24(27)28/h3-10,12H,1-2H3,(H,23,25). The van der Waals surface area contributed by atoms with E-state index in [0.717, 1.165) is 0 Å². The molecule has 9 heteroatoms. The van der Waals surface area contributed by atoms with Crippen LogP contribution in [0.1, 0.15) is 23.0 Å². The highest BCUT2D eigenvalue weighted by Crippen LogP contribution is 2.22. The maximum absolute atomic E-state index is 12.5. The number of amides is 1. The number of nitrogens with zero attached hydrogens (tertiary/aromatic N) is 2. The molecule has 0 saturated carbocycles. The number of aromatic nitrogens is 1. The number of non-ortho nitro benzene ring substituents is 1. The Bertz CT molecular complexity index is 1120. The summed E-state index contributed by atoms with van der Waals surface area (Å²) in [6.45, 7) is 3.10. The Morgan fingerprint density at radius 3 is 2.52 bits per heavy atom. The Balaban J connectivity index is 1.71. The van der Waals surface area contributed by atoms with Crippen LogP contribution in [0, 0.1) is 17.0 Å². The molecule has 1 unspecified atom stereocenters. The monoisotopic (exact) mass is 413 g/mol. The lowest BCUT2D eigenvalue weighted by Gasteiger charge is -2.14. The van der Waals surface area contributed by atoms with Gasteiger partial charge in [-0.15, -0.1) is 0 Å². The number of benzene rings is 2. The quantitative estimate of drug-likeness (QED) is 0.379. The second-order valence-electron chi connectivity index (χ2n) is 6.30. The van der Waals surface area contributed by atoms with Gasteiger partial charge >= 0.3 is 5.97 Å². The summed E-state index contributed by atoms with van der Waals surface area (Å²) < 4.78 is 5.26. The summed E-state index contributed by atoms with van der Waals surface area (Å²) in [6, 6.07) is 12.1. The van der Waals surface area contributed by atoms with Crippen LogP contribution in [0.5, 0.6) is 0 Å². The van der Waals surface area contributed by atoms with E-state index in [2.05, 4.69) is 10.3 Å². The topological polar surface area (TPSA) is 111 Å². The summed E-state index contributed by atoms with van der Waals surface area (Å²) in [7, 11) is 0. The van der Waals surface area contributed by atoms with Crippen LogP contribution in [0.15, 0.2) is 48.5 Å². The molecule has 1 aromatic heterocycles. The number of ether oxygens (including phenoxy) is 1. The van der Waals surface area contributed by atoms with Gasteiger partial charge in [-0.1, -0.05) is 11.6 Å². The maximum Gasteiger partial charge on any atom is 0.340 e. The third-order valence-corrected chi connectivity index (χ3v) is 4.42. The Hall–Kier alpha value is -3.52. The lowest BCUT2D eigenvalue weighted by atomic mass is 10.1. The minimum Gasteiger partial charge on any atom is -0.449 e. The van der Waals surface area contributed by atoms with E-state index in [1.165, 1.54) is 31.2 Å². The van der Waals surface area contributed by atoms with Gasteiger partial charge in [0.05, 0.1) is 21.7 Å². The van der Waals surface area contributed by atoms with Gasteiger partial charge in [0.25, 0.3) is 11.6 Å². The number of hydrogen-bond acceptors (Lipinski definition) is 6. The summed E-state index contributed by atoms with van der Waals surface area (Å²) in [5.41, 5.74) is 1.64. The molecule has 1 amide bonds. The number of nitro benzene ring substituents is 1. The van der Waals surface area contributed by atoms with Crippen LogP contribution in [0.3, 0.4) is 0 Å². The summed E-state index contributed by atoms with van der Waals surface area (Å²) in [5, 5.41) is 14.4. The van der Waals surface area contributed by atoms with E-state index < -0.39 is 22.9 Å².